The summed E-state index contributed by atoms with van der Waals surface area (Å²) in [6.07, 6.45) is 3.75. The average molecular weight is 395 g/mol. The molecule has 1 aliphatic heterocycles. The molecule has 0 saturated carbocycles. The van der Waals surface area contributed by atoms with Crippen molar-refractivity contribution in [1.29, 1.82) is 10.5 Å². The van der Waals surface area contributed by atoms with Crippen molar-refractivity contribution >= 4 is 16.9 Å². The first-order chi connectivity index (χ1) is 13.8. The zero-order valence-corrected chi connectivity index (χ0v) is 17.0. The molecule has 3 heterocycles. The summed E-state index contributed by atoms with van der Waals surface area (Å²) in [4.78, 5) is 27.9. The van der Waals surface area contributed by atoms with Gasteiger partial charge in [0.1, 0.15) is 29.5 Å². The maximum absolute atomic E-state index is 13.2. The Labute approximate surface area is 168 Å². The number of allylic oxidation sites excluding steroid dienone is 2. The number of aryl methyl sites for hydroxylation is 1. The van der Waals surface area contributed by atoms with Gasteiger partial charge in [0, 0.05) is 32.7 Å². The summed E-state index contributed by atoms with van der Waals surface area (Å²) in [5.41, 5.74) is 6.90. The van der Waals surface area contributed by atoms with Crippen LogP contribution in [0.2, 0.25) is 0 Å². The molecule has 29 heavy (non-hydrogen) atoms. The molecule has 9 nitrogen and oxygen atoms in total. The number of piperidine rings is 1. The number of nitrogens with two attached hydrogens (primary N) is 1. The molecule has 0 radical (unpaired) electrons. The Kier molecular flexibility index (Phi) is 5.62. The normalized spacial score (nSPS) is 16.5. The average Bonchev–Trinajstić information content (AvgIpc) is 3.02. The van der Waals surface area contributed by atoms with Crippen molar-refractivity contribution in [2.75, 3.05) is 18.0 Å². The van der Waals surface area contributed by atoms with Gasteiger partial charge in [-0.05, 0) is 26.7 Å². The first-order valence-corrected chi connectivity index (χ1v) is 9.58. The predicted octanol–water partition coefficient (Wildman–Crippen LogP) is 0.791. The monoisotopic (exact) mass is 395 g/mol. The lowest BCUT2D eigenvalue weighted by Crippen LogP contribution is -2.44. The molecule has 1 unspecified atom stereocenters. The zero-order chi connectivity index (χ0) is 21.3. The molecule has 0 amide bonds. The highest BCUT2D eigenvalue weighted by atomic mass is 16.2. The number of nitriles is 2. The minimum absolute atomic E-state index is 0.0238. The van der Waals surface area contributed by atoms with Crippen LogP contribution in [-0.4, -0.2) is 32.8 Å². The standard InChI is InChI=1S/C20H25N7O2/c1-13(2)6-9-26-17-16(24(3)20(29)27(10-7-21)19(17)28)15(11-22)18(26)25-8-4-5-14(23)12-25/h6,14H,4-5,8-10,12,23H2,1-3H3. The minimum atomic E-state index is -0.609. The van der Waals surface area contributed by atoms with E-state index in [-0.39, 0.29) is 23.7 Å². The van der Waals surface area contributed by atoms with E-state index in [0.717, 1.165) is 23.0 Å². The van der Waals surface area contributed by atoms with Crippen molar-refractivity contribution in [2.45, 2.75) is 45.8 Å². The van der Waals surface area contributed by atoms with E-state index < -0.39 is 11.2 Å². The van der Waals surface area contributed by atoms with Gasteiger partial charge >= 0.3 is 5.69 Å². The molecule has 1 atom stereocenters. The van der Waals surface area contributed by atoms with Crippen molar-refractivity contribution < 1.29 is 0 Å². The summed E-state index contributed by atoms with van der Waals surface area (Å²) < 4.78 is 3.99. The second-order valence-electron chi connectivity index (χ2n) is 7.64. The number of rotatable bonds is 4. The molecule has 2 aromatic heterocycles. The third-order valence-electron chi connectivity index (χ3n) is 5.29. The molecule has 0 spiro atoms. The van der Waals surface area contributed by atoms with Gasteiger partial charge in [0.15, 0.2) is 0 Å². The maximum Gasteiger partial charge on any atom is 0.332 e. The van der Waals surface area contributed by atoms with Gasteiger partial charge in [0.25, 0.3) is 5.56 Å². The number of hydrogen-bond donors (Lipinski definition) is 1. The van der Waals surface area contributed by atoms with Gasteiger partial charge in [0.05, 0.1) is 11.6 Å². The Hall–Kier alpha value is -3.30. The fraction of sp³-hybridized carbons (Fsp3) is 0.500. The van der Waals surface area contributed by atoms with E-state index in [4.69, 9.17) is 11.0 Å². The number of hydrogen-bond acceptors (Lipinski definition) is 6. The minimum Gasteiger partial charge on any atom is -0.355 e. The Morgan fingerprint density at radius 2 is 1.97 bits per heavy atom. The Morgan fingerprint density at radius 1 is 1.24 bits per heavy atom. The predicted molar refractivity (Wildman–Crippen MR) is 111 cm³/mol. The van der Waals surface area contributed by atoms with Crippen molar-refractivity contribution in [3.8, 4) is 12.1 Å². The van der Waals surface area contributed by atoms with Crippen LogP contribution in [0.25, 0.3) is 11.0 Å². The van der Waals surface area contributed by atoms with E-state index in [0.29, 0.717) is 31.0 Å². The molecule has 1 fully saturated rings. The van der Waals surface area contributed by atoms with Crippen molar-refractivity contribution in [1.82, 2.24) is 13.7 Å². The van der Waals surface area contributed by atoms with Crippen molar-refractivity contribution in [3.63, 3.8) is 0 Å². The summed E-state index contributed by atoms with van der Waals surface area (Å²) in [6.45, 7) is 5.23. The van der Waals surface area contributed by atoms with Crippen LogP contribution in [-0.2, 0) is 20.1 Å². The number of nitrogens with zero attached hydrogens (tertiary/aromatic N) is 6. The molecule has 2 N–H and O–H groups in total. The van der Waals surface area contributed by atoms with E-state index in [1.54, 1.807) is 4.57 Å². The zero-order valence-electron chi connectivity index (χ0n) is 17.0. The third kappa shape index (κ3) is 3.45. The maximum atomic E-state index is 13.2. The summed E-state index contributed by atoms with van der Waals surface area (Å²) in [5.74, 6) is 0.608. The summed E-state index contributed by atoms with van der Waals surface area (Å²) >= 11 is 0. The van der Waals surface area contributed by atoms with Crippen LogP contribution in [0.3, 0.4) is 0 Å². The summed E-state index contributed by atoms with van der Waals surface area (Å²) in [7, 11) is 1.52. The number of anilines is 1. The molecule has 0 aromatic carbocycles. The van der Waals surface area contributed by atoms with Gasteiger partial charge in [0.2, 0.25) is 0 Å². The van der Waals surface area contributed by atoms with Crippen LogP contribution in [0, 0.1) is 22.7 Å². The lowest BCUT2D eigenvalue weighted by molar-refractivity contribution is 0.498. The molecular weight excluding hydrogens is 370 g/mol. The van der Waals surface area contributed by atoms with E-state index in [1.165, 1.54) is 11.6 Å². The van der Waals surface area contributed by atoms with Crippen LogP contribution in [0.4, 0.5) is 5.82 Å². The highest BCUT2D eigenvalue weighted by Gasteiger charge is 2.29. The number of fused-ring (bicyclic) bond motifs is 1. The second-order valence-corrected chi connectivity index (χ2v) is 7.64. The molecule has 3 rings (SSSR count). The van der Waals surface area contributed by atoms with Crippen LogP contribution in [0.1, 0.15) is 32.3 Å². The molecule has 0 aliphatic carbocycles. The fourth-order valence-electron chi connectivity index (χ4n) is 3.92. The van der Waals surface area contributed by atoms with Gasteiger partial charge < -0.3 is 15.2 Å². The van der Waals surface area contributed by atoms with Crippen molar-refractivity contribution in [2.24, 2.45) is 12.8 Å². The van der Waals surface area contributed by atoms with E-state index >= 15 is 0 Å². The topological polar surface area (TPSA) is 126 Å². The quantitative estimate of drug-likeness (QED) is 0.763. The molecule has 0 bridgehead atoms. The van der Waals surface area contributed by atoms with Gasteiger partial charge in [-0.1, -0.05) is 11.6 Å². The van der Waals surface area contributed by atoms with Gasteiger partial charge in [-0.15, -0.1) is 0 Å². The van der Waals surface area contributed by atoms with E-state index in [9.17, 15) is 14.9 Å². The van der Waals surface area contributed by atoms with Crippen LogP contribution in [0.5, 0.6) is 0 Å². The summed E-state index contributed by atoms with van der Waals surface area (Å²) in [5, 5.41) is 19.0. The van der Waals surface area contributed by atoms with Gasteiger partial charge in [-0.25, -0.2) is 9.36 Å². The molecular formula is C20H25N7O2. The molecule has 152 valence electrons. The molecule has 1 saturated heterocycles. The van der Waals surface area contributed by atoms with Gasteiger partial charge in [-0.3, -0.25) is 9.36 Å². The first kappa shape index (κ1) is 20.4. The Bertz CT molecular complexity index is 1180. The second kappa shape index (κ2) is 7.98. The summed E-state index contributed by atoms with van der Waals surface area (Å²) in [6, 6.07) is 4.05. The van der Waals surface area contributed by atoms with E-state index in [1.807, 2.05) is 30.9 Å². The largest absolute Gasteiger partial charge is 0.355 e. The Balaban J connectivity index is 2.46. The third-order valence-corrected chi connectivity index (χ3v) is 5.29. The smallest absolute Gasteiger partial charge is 0.332 e. The highest BCUT2D eigenvalue weighted by molar-refractivity contribution is 5.90. The number of aromatic nitrogens is 3. The SMILES string of the molecule is CC(C)=CCn1c(N2CCCC(N)C2)c(C#N)c2c1c(=O)n(CC#N)c(=O)n2C. The molecule has 1 aliphatic rings. The molecule has 9 heteroatoms. The molecule has 2 aromatic rings. The van der Waals surface area contributed by atoms with Gasteiger partial charge in [-0.2, -0.15) is 10.5 Å². The van der Waals surface area contributed by atoms with Crippen molar-refractivity contribution in [3.05, 3.63) is 38.1 Å². The van der Waals surface area contributed by atoms with Crippen LogP contribution < -0.4 is 21.9 Å². The van der Waals surface area contributed by atoms with Crippen LogP contribution in [0.15, 0.2) is 21.2 Å². The fourth-order valence-corrected chi connectivity index (χ4v) is 3.92. The van der Waals surface area contributed by atoms with E-state index in [2.05, 4.69) is 6.07 Å². The lowest BCUT2D eigenvalue weighted by atomic mass is 10.1. The lowest BCUT2D eigenvalue weighted by Gasteiger charge is -2.33. The van der Waals surface area contributed by atoms with Crippen LogP contribution >= 0.6 is 0 Å². The first-order valence-electron chi connectivity index (χ1n) is 9.58. The highest BCUT2D eigenvalue weighted by Crippen LogP contribution is 2.32. The Morgan fingerprint density at radius 3 is 2.55 bits per heavy atom.